The van der Waals surface area contributed by atoms with Crippen molar-refractivity contribution >= 4 is 10.0 Å². The van der Waals surface area contributed by atoms with Gasteiger partial charge in [-0.2, -0.15) is 5.26 Å². The quantitative estimate of drug-likeness (QED) is 0.801. The molecule has 0 aromatic heterocycles. The monoisotopic (exact) mass is 357 g/mol. The lowest BCUT2D eigenvalue weighted by Crippen LogP contribution is -2.36. The third-order valence-corrected chi connectivity index (χ3v) is 5.57. The zero-order valence-electron chi connectivity index (χ0n) is 13.6. The van der Waals surface area contributed by atoms with Crippen molar-refractivity contribution in [1.82, 2.24) is 9.62 Å². The Morgan fingerprint density at radius 3 is 2.52 bits per heavy atom. The van der Waals surface area contributed by atoms with Crippen LogP contribution in [0, 0.1) is 11.5 Å². The molecule has 25 heavy (non-hydrogen) atoms. The van der Waals surface area contributed by atoms with Crippen LogP contribution in [0.2, 0.25) is 0 Å². The molecule has 1 heterocycles. The number of benzene rings is 2. The van der Waals surface area contributed by atoms with E-state index in [0.717, 1.165) is 5.56 Å². The molecule has 2 aromatic carbocycles. The van der Waals surface area contributed by atoms with E-state index in [4.69, 9.17) is 10.00 Å². The van der Waals surface area contributed by atoms with Crippen molar-refractivity contribution in [3.63, 3.8) is 0 Å². The highest BCUT2D eigenvalue weighted by atomic mass is 32.2. The van der Waals surface area contributed by atoms with Crippen molar-refractivity contribution in [3.8, 4) is 11.9 Å². The minimum Gasteiger partial charge on any atom is -0.489 e. The fourth-order valence-electron chi connectivity index (χ4n) is 2.69. The van der Waals surface area contributed by atoms with Crippen LogP contribution in [0.4, 0.5) is 0 Å². The second kappa shape index (κ2) is 7.55. The van der Waals surface area contributed by atoms with E-state index in [9.17, 15) is 8.42 Å². The van der Waals surface area contributed by atoms with Crippen LogP contribution in [0.15, 0.2) is 59.5 Å². The van der Waals surface area contributed by atoms with Gasteiger partial charge in [0.05, 0.1) is 4.90 Å². The molecule has 0 saturated carbocycles. The van der Waals surface area contributed by atoms with Gasteiger partial charge in [-0.05, 0) is 36.2 Å². The molecule has 0 aliphatic carbocycles. The number of likely N-dealkylation sites (tertiary alicyclic amines) is 1. The summed E-state index contributed by atoms with van der Waals surface area (Å²) in [5.41, 5.74) is 1.05. The van der Waals surface area contributed by atoms with Crippen molar-refractivity contribution < 1.29 is 13.2 Å². The minimum atomic E-state index is -3.60. The Kier molecular flexibility index (Phi) is 5.22. The highest BCUT2D eigenvalue weighted by molar-refractivity contribution is 7.89. The molecular weight excluding hydrogens is 338 g/mol. The van der Waals surface area contributed by atoms with E-state index in [1.165, 1.54) is 12.1 Å². The first-order valence-electron chi connectivity index (χ1n) is 8.00. The summed E-state index contributed by atoms with van der Waals surface area (Å²) in [4.78, 5) is 1.74. The Bertz CT molecular complexity index is 845. The third-order valence-electron chi connectivity index (χ3n) is 4.03. The maximum atomic E-state index is 12.4. The Morgan fingerprint density at radius 2 is 1.88 bits per heavy atom. The molecule has 6 nitrogen and oxygen atoms in total. The van der Waals surface area contributed by atoms with Gasteiger partial charge in [0.15, 0.2) is 6.19 Å². The van der Waals surface area contributed by atoms with Crippen molar-refractivity contribution in [1.29, 1.82) is 5.26 Å². The maximum absolute atomic E-state index is 12.4. The van der Waals surface area contributed by atoms with Gasteiger partial charge in [-0.1, -0.05) is 30.3 Å². The molecule has 0 amide bonds. The Hall–Kier alpha value is -2.56. The van der Waals surface area contributed by atoms with E-state index in [1.807, 2.05) is 36.5 Å². The van der Waals surface area contributed by atoms with Gasteiger partial charge >= 0.3 is 0 Å². The minimum absolute atomic E-state index is 0.190. The molecule has 1 aliphatic heterocycles. The van der Waals surface area contributed by atoms with Crippen molar-refractivity contribution in [2.45, 2.75) is 24.0 Å². The normalized spacial score (nSPS) is 17.2. The van der Waals surface area contributed by atoms with Gasteiger partial charge in [-0.15, -0.1) is 0 Å². The predicted octanol–water partition coefficient (Wildman–Crippen LogP) is 2.10. The zero-order valence-corrected chi connectivity index (χ0v) is 14.4. The summed E-state index contributed by atoms with van der Waals surface area (Å²) >= 11 is 0. The Balaban J connectivity index is 1.60. The summed E-state index contributed by atoms with van der Waals surface area (Å²) in [6, 6.07) is 15.9. The number of ether oxygens (including phenoxy) is 1. The summed E-state index contributed by atoms with van der Waals surface area (Å²) in [6.07, 6.45) is 2.67. The van der Waals surface area contributed by atoms with Crippen LogP contribution in [0.25, 0.3) is 0 Å². The molecule has 1 saturated heterocycles. The Morgan fingerprint density at radius 1 is 1.16 bits per heavy atom. The maximum Gasteiger partial charge on any atom is 0.240 e. The predicted molar refractivity (Wildman–Crippen MR) is 93.1 cm³/mol. The second-order valence-electron chi connectivity index (χ2n) is 5.90. The Labute approximate surface area is 147 Å². The van der Waals surface area contributed by atoms with Crippen molar-refractivity contribution in [2.24, 2.45) is 0 Å². The molecule has 0 spiro atoms. The summed E-state index contributed by atoms with van der Waals surface area (Å²) in [7, 11) is -3.60. The largest absolute Gasteiger partial charge is 0.489 e. The van der Waals surface area contributed by atoms with Crippen molar-refractivity contribution in [3.05, 3.63) is 60.2 Å². The van der Waals surface area contributed by atoms with Gasteiger partial charge in [0.25, 0.3) is 0 Å². The number of nitriles is 1. The van der Waals surface area contributed by atoms with E-state index in [-0.39, 0.29) is 10.9 Å². The van der Waals surface area contributed by atoms with Crippen LogP contribution < -0.4 is 9.46 Å². The molecule has 1 N–H and O–H groups in total. The standard InChI is InChI=1S/C18H19N3O3S/c19-14-21-11-10-16(12-21)20-25(22,23)18-8-6-17(7-9-18)24-13-15-4-2-1-3-5-15/h1-9,16,20H,10-13H2. The molecule has 1 atom stereocenters. The summed E-state index contributed by atoms with van der Waals surface area (Å²) < 4.78 is 33.2. The number of hydrogen-bond donors (Lipinski definition) is 1. The van der Waals surface area contributed by atoms with Gasteiger partial charge in [0.2, 0.25) is 10.0 Å². The van der Waals surface area contributed by atoms with Crippen LogP contribution in [-0.2, 0) is 16.6 Å². The lowest BCUT2D eigenvalue weighted by Gasteiger charge is -2.13. The van der Waals surface area contributed by atoms with E-state index in [1.54, 1.807) is 17.0 Å². The highest BCUT2D eigenvalue weighted by Gasteiger charge is 2.26. The molecule has 130 valence electrons. The van der Waals surface area contributed by atoms with Gasteiger partial charge in [-0.3, -0.25) is 0 Å². The molecule has 0 radical (unpaired) electrons. The summed E-state index contributed by atoms with van der Waals surface area (Å²) in [6.45, 7) is 1.42. The molecule has 3 rings (SSSR count). The lowest BCUT2D eigenvalue weighted by atomic mass is 10.2. The molecular formula is C18H19N3O3S. The summed E-state index contributed by atoms with van der Waals surface area (Å²) in [5, 5.41) is 8.85. The number of sulfonamides is 1. The van der Waals surface area contributed by atoms with Gasteiger partial charge in [0, 0.05) is 19.1 Å². The van der Waals surface area contributed by atoms with Gasteiger partial charge in [-0.25, -0.2) is 13.1 Å². The van der Waals surface area contributed by atoms with E-state index >= 15 is 0 Å². The zero-order chi connectivity index (χ0) is 17.7. The first-order valence-corrected chi connectivity index (χ1v) is 9.49. The van der Waals surface area contributed by atoms with Crippen LogP contribution in [0.3, 0.4) is 0 Å². The number of hydrogen-bond acceptors (Lipinski definition) is 5. The molecule has 1 aliphatic rings. The third kappa shape index (κ3) is 4.50. The number of nitrogens with zero attached hydrogens (tertiary/aromatic N) is 2. The van der Waals surface area contributed by atoms with E-state index in [2.05, 4.69) is 4.72 Å². The summed E-state index contributed by atoms with van der Waals surface area (Å²) in [5.74, 6) is 0.610. The van der Waals surface area contributed by atoms with Crippen LogP contribution in [0.1, 0.15) is 12.0 Å². The van der Waals surface area contributed by atoms with Crippen LogP contribution in [0.5, 0.6) is 5.75 Å². The molecule has 1 fully saturated rings. The average molecular weight is 357 g/mol. The molecule has 0 bridgehead atoms. The van der Waals surface area contributed by atoms with Gasteiger partial charge in [0.1, 0.15) is 12.4 Å². The SMILES string of the molecule is N#CN1CCC(NS(=O)(=O)c2ccc(OCc3ccccc3)cc2)C1. The first kappa shape index (κ1) is 17.3. The average Bonchev–Trinajstić information content (AvgIpc) is 3.08. The second-order valence-corrected chi connectivity index (χ2v) is 7.61. The fraction of sp³-hybridized carbons (Fsp3) is 0.278. The smallest absolute Gasteiger partial charge is 0.240 e. The number of rotatable bonds is 6. The molecule has 2 aromatic rings. The topological polar surface area (TPSA) is 82.4 Å². The van der Waals surface area contributed by atoms with Gasteiger partial charge < -0.3 is 9.64 Å². The van der Waals surface area contributed by atoms with E-state index in [0.29, 0.717) is 31.9 Å². The van der Waals surface area contributed by atoms with E-state index < -0.39 is 10.0 Å². The van der Waals surface area contributed by atoms with Crippen LogP contribution >= 0.6 is 0 Å². The fourth-order valence-corrected chi connectivity index (χ4v) is 3.95. The number of nitrogens with one attached hydrogen (secondary N) is 1. The van der Waals surface area contributed by atoms with Crippen molar-refractivity contribution in [2.75, 3.05) is 13.1 Å². The first-order chi connectivity index (χ1) is 12.1. The van der Waals surface area contributed by atoms with Crippen LogP contribution in [-0.4, -0.2) is 32.4 Å². The molecule has 7 heteroatoms. The lowest BCUT2D eigenvalue weighted by molar-refractivity contribution is 0.306. The highest BCUT2D eigenvalue weighted by Crippen LogP contribution is 2.18. The molecule has 1 unspecified atom stereocenters.